The van der Waals surface area contributed by atoms with E-state index in [-0.39, 0.29) is 5.91 Å². The summed E-state index contributed by atoms with van der Waals surface area (Å²) >= 11 is 6.04. The highest BCUT2D eigenvalue weighted by atomic mass is 35.5. The van der Waals surface area contributed by atoms with E-state index in [0.717, 1.165) is 24.1 Å². The quantitative estimate of drug-likeness (QED) is 0.715. The van der Waals surface area contributed by atoms with Gasteiger partial charge in [0.1, 0.15) is 23.6 Å². The van der Waals surface area contributed by atoms with Crippen molar-refractivity contribution in [2.24, 2.45) is 0 Å². The summed E-state index contributed by atoms with van der Waals surface area (Å²) in [5, 5.41) is 3.46. The number of hydrogen-bond acceptors (Lipinski definition) is 4. The molecule has 4 rings (SSSR count). The number of nitrogens with two attached hydrogens (primary N) is 1. The number of carbonyl (C=O) groups excluding carboxylic acids is 1. The summed E-state index contributed by atoms with van der Waals surface area (Å²) in [4.78, 5) is 24.6. The van der Waals surface area contributed by atoms with E-state index < -0.39 is 5.92 Å². The molecule has 2 aromatic rings. The van der Waals surface area contributed by atoms with Crippen molar-refractivity contribution in [2.75, 3.05) is 11.1 Å². The van der Waals surface area contributed by atoms with Gasteiger partial charge in [-0.1, -0.05) is 24.1 Å². The van der Waals surface area contributed by atoms with Gasteiger partial charge in [0.2, 0.25) is 5.91 Å². The summed E-state index contributed by atoms with van der Waals surface area (Å²) in [6, 6.07) is 5.82. The lowest BCUT2D eigenvalue weighted by atomic mass is 9.93. The van der Waals surface area contributed by atoms with Gasteiger partial charge < -0.3 is 11.1 Å². The van der Waals surface area contributed by atoms with E-state index in [0.29, 0.717) is 28.1 Å². The second-order valence-electron chi connectivity index (χ2n) is 6.86. The topological polar surface area (TPSA) is 94.9 Å². The van der Waals surface area contributed by atoms with Crippen LogP contribution in [0.3, 0.4) is 0 Å². The summed E-state index contributed by atoms with van der Waals surface area (Å²) in [5.74, 6) is -0.284. The molecule has 134 valence electrons. The molecular weight excluding hydrogens is 350 g/mol. The van der Waals surface area contributed by atoms with Crippen LogP contribution in [-0.4, -0.2) is 28.1 Å². The molecule has 1 aromatic carbocycles. The van der Waals surface area contributed by atoms with E-state index in [1.165, 1.54) is 25.6 Å². The second kappa shape index (κ2) is 7.03. The normalized spacial score (nSPS) is 20.3. The van der Waals surface area contributed by atoms with Gasteiger partial charge in [0.15, 0.2) is 12.3 Å². The van der Waals surface area contributed by atoms with Crippen molar-refractivity contribution >= 4 is 35.2 Å². The van der Waals surface area contributed by atoms with Crippen LogP contribution in [0.15, 0.2) is 24.5 Å². The molecule has 6 nitrogen and oxygen atoms in total. The Balaban J connectivity index is 1.72. The summed E-state index contributed by atoms with van der Waals surface area (Å²) in [6.45, 7) is 0. The number of halogens is 1. The van der Waals surface area contributed by atoms with Gasteiger partial charge in [-0.05, 0) is 30.5 Å². The van der Waals surface area contributed by atoms with Crippen LogP contribution in [0, 0.1) is 0 Å². The molecule has 2 aliphatic rings. The molecule has 1 unspecified atom stereocenters. The van der Waals surface area contributed by atoms with Crippen LogP contribution in [-0.2, 0) is 4.79 Å². The molecule has 1 atom stereocenters. The Morgan fingerprint density at radius 1 is 1.23 bits per heavy atom. The lowest BCUT2D eigenvalue weighted by Gasteiger charge is -2.14. The van der Waals surface area contributed by atoms with Gasteiger partial charge in [0.05, 0.1) is 5.69 Å². The Labute approximate surface area is 156 Å². The number of amides is 1. The largest absolute Gasteiger partial charge is 0.383 e. The first kappa shape index (κ1) is 17.0. The number of nitrogens with one attached hydrogen (secondary N) is 2. The predicted molar refractivity (Wildman–Crippen MR) is 101 cm³/mol. The molecule has 0 radical (unpaired) electrons. The highest BCUT2D eigenvalue weighted by Gasteiger charge is 2.35. The molecule has 1 aromatic heterocycles. The number of nitrogens with zero attached hydrogens (tertiary/aromatic N) is 2. The maximum atomic E-state index is 12.6. The SMILES string of the molecule is Nc1ncnc(C2C(=O)Nc3cc(Cl)ccc32)c1C=[NH+]C1CCCCC1. The van der Waals surface area contributed by atoms with E-state index in [2.05, 4.69) is 20.3 Å². The van der Waals surface area contributed by atoms with Gasteiger partial charge in [-0.3, -0.25) is 4.79 Å². The van der Waals surface area contributed by atoms with Gasteiger partial charge in [0, 0.05) is 23.6 Å². The first-order valence-corrected chi connectivity index (χ1v) is 9.31. The van der Waals surface area contributed by atoms with E-state index in [4.69, 9.17) is 17.3 Å². The number of anilines is 2. The van der Waals surface area contributed by atoms with Crippen molar-refractivity contribution in [2.45, 2.75) is 44.1 Å². The summed E-state index contributed by atoms with van der Waals surface area (Å²) < 4.78 is 0. The lowest BCUT2D eigenvalue weighted by molar-refractivity contribution is -0.502. The average molecular weight is 371 g/mol. The number of aromatic nitrogens is 2. The van der Waals surface area contributed by atoms with Crippen LogP contribution in [0.1, 0.15) is 54.8 Å². The van der Waals surface area contributed by atoms with Gasteiger partial charge in [-0.25, -0.2) is 15.0 Å². The van der Waals surface area contributed by atoms with E-state index in [1.54, 1.807) is 12.1 Å². The zero-order valence-electron chi connectivity index (χ0n) is 14.3. The monoisotopic (exact) mass is 370 g/mol. The molecule has 1 amide bonds. The smallest absolute Gasteiger partial charge is 0.238 e. The maximum absolute atomic E-state index is 12.6. The van der Waals surface area contributed by atoms with Crippen LogP contribution in [0.5, 0.6) is 0 Å². The number of hydrogen-bond donors (Lipinski definition) is 3. The third kappa shape index (κ3) is 3.17. The molecular formula is C19H21ClN5O+. The average Bonchev–Trinajstić information content (AvgIpc) is 2.96. The van der Waals surface area contributed by atoms with Crippen LogP contribution < -0.4 is 16.0 Å². The maximum Gasteiger partial charge on any atom is 0.238 e. The Bertz CT molecular complexity index is 876. The Kier molecular flexibility index (Phi) is 4.59. The third-order valence-electron chi connectivity index (χ3n) is 5.13. The van der Waals surface area contributed by atoms with E-state index >= 15 is 0 Å². The van der Waals surface area contributed by atoms with Gasteiger partial charge in [-0.15, -0.1) is 0 Å². The standard InChI is InChI=1S/C19H20ClN5O/c20-11-6-7-13-15(8-11)25-19(26)16(13)17-14(18(21)24-10-23-17)9-22-12-4-2-1-3-5-12/h6-10,12,16H,1-5H2,(H,25,26)(H2,21,23,24)/p+1. The lowest BCUT2D eigenvalue weighted by Crippen LogP contribution is -2.77. The van der Waals surface area contributed by atoms with Gasteiger partial charge in [0.25, 0.3) is 0 Å². The molecule has 4 N–H and O–H groups in total. The van der Waals surface area contributed by atoms with Crippen molar-refractivity contribution in [1.82, 2.24) is 9.97 Å². The first-order valence-electron chi connectivity index (χ1n) is 8.93. The van der Waals surface area contributed by atoms with Gasteiger partial charge in [-0.2, -0.15) is 0 Å². The molecule has 1 aliphatic heterocycles. The zero-order valence-corrected chi connectivity index (χ0v) is 15.1. The molecule has 7 heteroatoms. The highest BCUT2D eigenvalue weighted by molar-refractivity contribution is 6.31. The molecule has 1 saturated carbocycles. The van der Waals surface area contributed by atoms with Gasteiger partial charge >= 0.3 is 0 Å². The van der Waals surface area contributed by atoms with Crippen molar-refractivity contribution in [1.29, 1.82) is 0 Å². The summed E-state index contributed by atoms with van der Waals surface area (Å²) in [5.41, 5.74) is 8.98. The molecule has 0 spiro atoms. The molecule has 1 aliphatic carbocycles. The molecule has 26 heavy (non-hydrogen) atoms. The van der Waals surface area contributed by atoms with Crippen molar-refractivity contribution in [3.05, 3.63) is 46.4 Å². The van der Waals surface area contributed by atoms with E-state index in [1.807, 2.05) is 12.3 Å². The predicted octanol–water partition coefficient (Wildman–Crippen LogP) is 1.63. The molecule has 0 saturated heterocycles. The Hall–Kier alpha value is -2.47. The minimum absolute atomic E-state index is 0.132. The minimum atomic E-state index is -0.521. The fourth-order valence-electron chi connectivity index (χ4n) is 3.78. The summed E-state index contributed by atoms with van der Waals surface area (Å²) in [6.07, 6.45) is 9.33. The highest BCUT2D eigenvalue weighted by Crippen LogP contribution is 2.38. The van der Waals surface area contributed by atoms with Crippen molar-refractivity contribution in [3.8, 4) is 0 Å². The molecule has 2 heterocycles. The van der Waals surface area contributed by atoms with Crippen molar-refractivity contribution < 1.29 is 9.79 Å². The fourth-order valence-corrected chi connectivity index (χ4v) is 3.95. The molecule has 0 bridgehead atoms. The zero-order chi connectivity index (χ0) is 18.1. The van der Waals surface area contributed by atoms with E-state index in [9.17, 15) is 4.79 Å². The third-order valence-corrected chi connectivity index (χ3v) is 5.37. The number of nitrogen functional groups attached to an aromatic ring is 1. The number of benzene rings is 1. The first-order chi connectivity index (χ1) is 12.6. The van der Waals surface area contributed by atoms with Crippen LogP contribution in [0.25, 0.3) is 0 Å². The number of carbonyl (C=O) groups is 1. The number of fused-ring (bicyclic) bond motifs is 1. The van der Waals surface area contributed by atoms with Crippen LogP contribution >= 0.6 is 11.6 Å². The fraction of sp³-hybridized carbons (Fsp3) is 0.368. The minimum Gasteiger partial charge on any atom is -0.383 e. The Morgan fingerprint density at radius 3 is 2.85 bits per heavy atom. The van der Waals surface area contributed by atoms with Crippen LogP contribution in [0.4, 0.5) is 11.5 Å². The summed E-state index contributed by atoms with van der Waals surface area (Å²) in [7, 11) is 0. The number of rotatable bonds is 3. The molecule has 1 fully saturated rings. The van der Waals surface area contributed by atoms with Crippen molar-refractivity contribution in [3.63, 3.8) is 0 Å². The Morgan fingerprint density at radius 2 is 2.04 bits per heavy atom. The van der Waals surface area contributed by atoms with Crippen LogP contribution in [0.2, 0.25) is 5.02 Å². The second-order valence-corrected chi connectivity index (χ2v) is 7.29.